The van der Waals surface area contributed by atoms with Crippen molar-refractivity contribution < 1.29 is 24.2 Å². The van der Waals surface area contributed by atoms with Crippen LogP contribution >= 0.6 is 0 Å². The highest BCUT2D eigenvalue weighted by Gasteiger charge is 2.24. The van der Waals surface area contributed by atoms with Crippen molar-refractivity contribution in [3.05, 3.63) is 0 Å². The number of nitrogens with one attached hydrogen (secondary N) is 1. The number of carboxylic acids is 1. The minimum absolute atomic E-state index is 0.0372. The maximum Gasteiger partial charge on any atom is 0.334 e. The van der Waals surface area contributed by atoms with Crippen LogP contribution in [0.1, 0.15) is 19.3 Å². The molecule has 0 aromatic carbocycles. The Bertz CT molecular complexity index is 250. The van der Waals surface area contributed by atoms with Crippen LogP contribution in [0, 0.1) is 0 Å². The molecular weight excluding hydrogens is 214 g/mol. The molecule has 0 aliphatic carbocycles. The molecule has 1 rings (SSSR count). The van der Waals surface area contributed by atoms with E-state index in [4.69, 9.17) is 14.6 Å². The number of ether oxygens (including phenoxy) is 2. The van der Waals surface area contributed by atoms with Gasteiger partial charge in [-0.15, -0.1) is 0 Å². The van der Waals surface area contributed by atoms with Crippen LogP contribution in [0.5, 0.6) is 0 Å². The van der Waals surface area contributed by atoms with E-state index in [1.807, 2.05) is 0 Å². The number of carbonyl (C=O) groups is 2. The van der Waals surface area contributed by atoms with Crippen molar-refractivity contribution in [2.75, 3.05) is 20.3 Å². The topological polar surface area (TPSA) is 84.9 Å². The van der Waals surface area contributed by atoms with Crippen LogP contribution in [0.2, 0.25) is 0 Å². The second kappa shape index (κ2) is 6.44. The first-order valence-corrected chi connectivity index (χ1v) is 5.30. The number of hydrogen-bond acceptors (Lipinski definition) is 4. The summed E-state index contributed by atoms with van der Waals surface area (Å²) < 4.78 is 9.96. The van der Waals surface area contributed by atoms with Crippen molar-refractivity contribution in [3.63, 3.8) is 0 Å². The molecule has 0 bridgehead atoms. The van der Waals surface area contributed by atoms with E-state index in [2.05, 4.69) is 5.32 Å². The summed E-state index contributed by atoms with van der Waals surface area (Å²) in [5.41, 5.74) is 0. The lowest BCUT2D eigenvalue weighted by Crippen LogP contribution is -2.44. The average Bonchev–Trinajstić information content (AvgIpc) is 2.30. The molecule has 1 saturated heterocycles. The predicted octanol–water partition coefficient (Wildman–Crippen LogP) is -0.229. The number of methoxy groups -OCH3 is 1. The molecule has 1 aliphatic heterocycles. The van der Waals surface area contributed by atoms with Crippen LogP contribution in [0.3, 0.4) is 0 Å². The summed E-state index contributed by atoms with van der Waals surface area (Å²) in [4.78, 5) is 22.2. The van der Waals surface area contributed by atoms with Gasteiger partial charge in [0.15, 0.2) is 6.10 Å². The number of hydrogen-bond donors (Lipinski definition) is 2. The summed E-state index contributed by atoms with van der Waals surface area (Å²) in [5, 5.41) is 11.2. The second-order valence-corrected chi connectivity index (χ2v) is 3.66. The maximum absolute atomic E-state index is 11.6. The number of carboxylic acid groups (broad SMARTS) is 1. The normalized spacial score (nSPS) is 22.4. The number of rotatable bonds is 5. The Kier molecular flexibility index (Phi) is 5.21. The summed E-state index contributed by atoms with van der Waals surface area (Å²) >= 11 is 0. The third-order valence-electron chi connectivity index (χ3n) is 2.49. The standard InChI is InChI=1S/C10H17NO5/c1-15-8(10(13)14)6-11-9(12)7-4-2-3-5-16-7/h7-8H,2-6H2,1H3,(H,11,12)(H,13,14). The Hall–Kier alpha value is -1.14. The van der Waals surface area contributed by atoms with Gasteiger partial charge in [-0.05, 0) is 19.3 Å². The molecule has 0 saturated carbocycles. The van der Waals surface area contributed by atoms with Gasteiger partial charge in [-0.2, -0.15) is 0 Å². The fourth-order valence-corrected chi connectivity index (χ4v) is 1.53. The van der Waals surface area contributed by atoms with E-state index < -0.39 is 18.2 Å². The lowest BCUT2D eigenvalue weighted by Gasteiger charge is -2.22. The van der Waals surface area contributed by atoms with Crippen LogP contribution in [0.25, 0.3) is 0 Å². The summed E-state index contributed by atoms with van der Waals surface area (Å²) in [6.45, 7) is 0.551. The summed E-state index contributed by atoms with van der Waals surface area (Å²) in [6.07, 6.45) is 1.17. The smallest absolute Gasteiger partial charge is 0.334 e. The monoisotopic (exact) mass is 231 g/mol. The second-order valence-electron chi connectivity index (χ2n) is 3.66. The lowest BCUT2D eigenvalue weighted by atomic mass is 10.1. The molecule has 1 heterocycles. The highest BCUT2D eigenvalue weighted by atomic mass is 16.5. The molecule has 1 aliphatic rings. The van der Waals surface area contributed by atoms with Gasteiger partial charge in [0.2, 0.25) is 5.91 Å². The quantitative estimate of drug-likeness (QED) is 0.682. The Morgan fingerprint density at radius 3 is 2.81 bits per heavy atom. The van der Waals surface area contributed by atoms with E-state index in [0.717, 1.165) is 12.8 Å². The molecule has 1 amide bonds. The van der Waals surface area contributed by atoms with Crippen LogP contribution in [0.15, 0.2) is 0 Å². The van der Waals surface area contributed by atoms with Crippen molar-refractivity contribution in [2.45, 2.75) is 31.5 Å². The van der Waals surface area contributed by atoms with Crippen molar-refractivity contribution in [1.29, 1.82) is 0 Å². The largest absolute Gasteiger partial charge is 0.479 e. The molecule has 16 heavy (non-hydrogen) atoms. The zero-order chi connectivity index (χ0) is 12.0. The number of amides is 1. The van der Waals surface area contributed by atoms with Crippen molar-refractivity contribution in [1.82, 2.24) is 5.32 Å². The fraction of sp³-hybridized carbons (Fsp3) is 0.800. The first-order valence-electron chi connectivity index (χ1n) is 5.30. The third kappa shape index (κ3) is 3.79. The number of carbonyl (C=O) groups excluding carboxylic acids is 1. The average molecular weight is 231 g/mol. The first-order chi connectivity index (χ1) is 7.65. The van der Waals surface area contributed by atoms with E-state index in [1.54, 1.807) is 0 Å². The van der Waals surface area contributed by atoms with E-state index in [9.17, 15) is 9.59 Å². The van der Waals surface area contributed by atoms with Gasteiger partial charge in [0.25, 0.3) is 0 Å². The molecule has 2 atom stereocenters. The Labute approximate surface area is 93.9 Å². The number of aliphatic carboxylic acids is 1. The van der Waals surface area contributed by atoms with Crippen molar-refractivity contribution >= 4 is 11.9 Å². The zero-order valence-corrected chi connectivity index (χ0v) is 9.27. The molecular formula is C10H17NO5. The molecule has 6 nitrogen and oxygen atoms in total. The molecule has 0 aromatic rings. The minimum atomic E-state index is -1.09. The summed E-state index contributed by atoms with van der Waals surface area (Å²) in [5.74, 6) is -1.35. The molecule has 1 fully saturated rings. The lowest BCUT2D eigenvalue weighted by molar-refractivity contribution is -0.149. The first kappa shape index (κ1) is 12.9. The zero-order valence-electron chi connectivity index (χ0n) is 9.27. The highest BCUT2D eigenvalue weighted by molar-refractivity contribution is 5.81. The van der Waals surface area contributed by atoms with E-state index in [1.165, 1.54) is 7.11 Å². The van der Waals surface area contributed by atoms with Crippen LogP contribution < -0.4 is 5.32 Å². The van der Waals surface area contributed by atoms with Crippen LogP contribution in [-0.2, 0) is 19.1 Å². The molecule has 6 heteroatoms. The minimum Gasteiger partial charge on any atom is -0.479 e. The third-order valence-corrected chi connectivity index (χ3v) is 2.49. The molecule has 0 spiro atoms. The fourth-order valence-electron chi connectivity index (χ4n) is 1.53. The van der Waals surface area contributed by atoms with E-state index in [-0.39, 0.29) is 12.5 Å². The Morgan fingerprint density at radius 1 is 1.56 bits per heavy atom. The summed E-state index contributed by atoms with van der Waals surface area (Å²) in [7, 11) is 1.29. The van der Waals surface area contributed by atoms with E-state index in [0.29, 0.717) is 13.0 Å². The van der Waals surface area contributed by atoms with Gasteiger partial charge >= 0.3 is 5.97 Å². The molecule has 2 unspecified atom stereocenters. The molecule has 2 N–H and O–H groups in total. The van der Waals surface area contributed by atoms with Gasteiger partial charge in [-0.25, -0.2) is 4.79 Å². The van der Waals surface area contributed by atoms with Gasteiger partial charge in [0, 0.05) is 13.7 Å². The van der Waals surface area contributed by atoms with Crippen LogP contribution in [0.4, 0.5) is 0 Å². The van der Waals surface area contributed by atoms with Crippen LogP contribution in [-0.4, -0.2) is 49.5 Å². The summed E-state index contributed by atoms with van der Waals surface area (Å²) in [6, 6.07) is 0. The maximum atomic E-state index is 11.6. The highest BCUT2D eigenvalue weighted by Crippen LogP contribution is 2.12. The van der Waals surface area contributed by atoms with Gasteiger partial charge in [0.05, 0.1) is 6.54 Å². The molecule has 92 valence electrons. The Morgan fingerprint density at radius 2 is 2.31 bits per heavy atom. The predicted molar refractivity (Wildman–Crippen MR) is 55.0 cm³/mol. The van der Waals surface area contributed by atoms with Gasteiger partial charge in [-0.3, -0.25) is 4.79 Å². The van der Waals surface area contributed by atoms with Gasteiger partial charge in [0.1, 0.15) is 6.10 Å². The SMILES string of the molecule is COC(CNC(=O)C1CCCCO1)C(=O)O. The van der Waals surface area contributed by atoms with Crippen molar-refractivity contribution in [3.8, 4) is 0 Å². The van der Waals surface area contributed by atoms with E-state index >= 15 is 0 Å². The Balaban J connectivity index is 2.30. The molecule has 0 aromatic heterocycles. The van der Waals surface area contributed by atoms with Gasteiger partial charge < -0.3 is 19.9 Å². The molecule has 0 radical (unpaired) electrons. The van der Waals surface area contributed by atoms with Crippen molar-refractivity contribution in [2.24, 2.45) is 0 Å². The van der Waals surface area contributed by atoms with Gasteiger partial charge in [-0.1, -0.05) is 0 Å².